The minimum Gasteiger partial charge on any atom is -0.593 e. The highest BCUT2D eigenvalue weighted by molar-refractivity contribution is 7.89. The molecule has 2 saturated carbocycles. The summed E-state index contributed by atoms with van der Waals surface area (Å²) in [7, 11) is 4.83. The Balaban J connectivity index is 0.963. The molecule has 5 aliphatic rings. The number of hydrogen-bond donors (Lipinski definition) is 3. The molecule has 2 aromatic heterocycles. The maximum Gasteiger partial charge on any atom is 0.324 e. The first-order valence-corrected chi connectivity index (χ1v) is 29.3. The number of ether oxygens (including phenoxy) is 2. The maximum absolute atomic E-state index is 15.1. The van der Waals surface area contributed by atoms with Gasteiger partial charge >= 0.3 is 5.97 Å². The molecule has 3 aliphatic heterocycles. The van der Waals surface area contributed by atoms with E-state index in [2.05, 4.69) is 54.3 Å². The van der Waals surface area contributed by atoms with Crippen LogP contribution in [0.25, 0.3) is 33.3 Å². The van der Waals surface area contributed by atoms with E-state index in [0.29, 0.717) is 54.7 Å². The number of carbonyl (C=O) groups excluding carboxylic acids is 5. The van der Waals surface area contributed by atoms with Crippen molar-refractivity contribution in [3.63, 3.8) is 0 Å². The second-order valence-corrected chi connectivity index (χ2v) is 24.8. The van der Waals surface area contributed by atoms with Gasteiger partial charge in [-0.05, 0) is 148 Å². The maximum atomic E-state index is 15.1. The number of likely N-dealkylation sites (N-methyl/N-ethyl adjacent to an activating group) is 2. The molecule has 0 spiro atoms. The number of carbonyl (C=O) groups is 5. The van der Waals surface area contributed by atoms with Gasteiger partial charge in [-0.15, -0.1) is 4.31 Å². The summed E-state index contributed by atoms with van der Waals surface area (Å²) in [5.41, 5.74) is 10.5. The Morgan fingerprint density at radius 1 is 0.987 bits per heavy atom. The quantitative estimate of drug-likeness (QED) is 0.0566. The second-order valence-electron chi connectivity index (χ2n) is 23.4. The Hall–Kier alpha value is -6.31. The number of hydrogen-bond acceptors (Lipinski definition) is 12. The molecule has 420 valence electrons. The number of aromatic nitrogens is 2. The van der Waals surface area contributed by atoms with Gasteiger partial charge in [0.15, 0.2) is 10.9 Å². The number of nitrogens with zero attached hydrogens (tertiary/aromatic N) is 6. The summed E-state index contributed by atoms with van der Waals surface area (Å²) in [6.07, 6.45) is 7.88. The van der Waals surface area contributed by atoms with Gasteiger partial charge in [0, 0.05) is 68.8 Å². The molecule has 4 amide bonds. The minimum atomic E-state index is -1.55. The molecule has 2 aliphatic carbocycles. The molecule has 18 heteroatoms. The zero-order valence-corrected chi connectivity index (χ0v) is 47.6. The lowest BCUT2D eigenvalue weighted by Crippen LogP contribution is -2.62. The monoisotopic (exact) mass is 1100 g/mol. The van der Waals surface area contributed by atoms with Crippen molar-refractivity contribution in [1.82, 2.24) is 39.4 Å². The summed E-state index contributed by atoms with van der Waals surface area (Å²) < 4.78 is 29.9. The Morgan fingerprint density at radius 2 is 1.73 bits per heavy atom. The summed E-state index contributed by atoms with van der Waals surface area (Å²) in [6, 6.07) is 19.1. The number of rotatable bonds is 14. The summed E-state index contributed by atoms with van der Waals surface area (Å²) >= 11 is -1.55. The van der Waals surface area contributed by atoms with Gasteiger partial charge in [0.05, 0.1) is 48.0 Å². The zero-order valence-electron chi connectivity index (χ0n) is 46.8. The third kappa shape index (κ3) is 11.7. The number of methoxy groups -OCH3 is 1. The number of phenols is 1. The van der Waals surface area contributed by atoms with Crippen LogP contribution in [0.2, 0.25) is 0 Å². The van der Waals surface area contributed by atoms with E-state index in [1.165, 1.54) is 14.8 Å². The van der Waals surface area contributed by atoms with Gasteiger partial charge in [0.1, 0.15) is 23.9 Å². The number of pyridine rings is 1. The summed E-state index contributed by atoms with van der Waals surface area (Å²) in [6.45, 7) is 10.9. The summed E-state index contributed by atoms with van der Waals surface area (Å²) in [5, 5.41) is 17.0. The summed E-state index contributed by atoms with van der Waals surface area (Å²) in [4.78, 5) is 81.1. The Labute approximate surface area is 466 Å². The molecule has 8 atom stereocenters. The minimum absolute atomic E-state index is 0.0212. The van der Waals surface area contributed by atoms with Gasteiger partial charge in [-0.3, -0.25) is 34.0 Å². The molecule has 3 N–H and O–H groups in total. The highest BCUT2D eigenvalue weighted by Crippen LogP contribution is 2.50. The van der Waals surface area contributed by atoms with E-state index in [4.69, 9.17) is 14.5 Å². The lowest BCUT2D eigenvalue weighted by atomic mass is 9.84. The molecule has 3 aromatic carbocycles. The van der Waals surface area contributed by atoms with Gasteiger partial charge < -0.3 is 38.8 Å². The molecule has 4 fully saturated rings. The van der Waals surface area contributed by atoms with Crippen molar-refractivity contribution < 1.29 is 43.1 Å². The normalized spacial score (nSPS) is 23.6. The average Bonchev–Trinajstić information content (AvgIpc) is 4.53. The van der Waals surface area contributed by atoms with Crippen molar-refractivity contribution in [2.45, 2.75) is 147 Å². The standard InChI is InChI=1S/C61H76N8O9S/c1-9-67-50-25-22-41-32-46(50)47(55(67)45-16-12-26-62-52(45)37(3)77-8)33-61(4,5)35-78-60(75)48-17-13-27-68(64-48)58(73)49(30-38-28-42(41)31-43(70)29-38)63-57(72)54(39-14-10-11-15-39)66(7)51(71)34-65(6)59(74)56-53(40-20-21-40)69(56)79(76)44-23-18-36(2)19-24-44/h12,16,18-19,22-26,28-29,31-32,37,39-40,48-49,53-54,56,64,70H,9-11,13-15,17,20-21,27,30,33-35H2,1-8H3,(H,63,72)/t37-,48-,49-,53+,54-,56+,69?,79+/m0/s1. The highest BCUT2D eigenvalue weighted by atomic mass is 32.2. The molecule has 0 radical (unpaired) electrons. The SMILES string of the molecule is CCn1c(-c2cccnc2[C@H](C)OC)c2c3cc(ccc31)-c1cc(O)cc(c1)C[C@H](NC(=O)[C@H](C1CCCC1)N(C)C(=O)CN(C)C(=O)[C@H]1[C@@H](C3CC3)N1[S@+]([O-])c1ccc(C)cc1)C(=O)N1CCC[C@H](N1)C(=O)OCC(C)(C)C2. The fourth-order valence-corrected chi connectivity index (χ4v) is 13.9. The number of amides is 4. The number of hydrazine groups is 1. The molecule has 1 unspecified atom stereocenters. The van der Waals surface area contributed by atoms with E-state index in [1.54, 1.807) is 43.8 Å². The molecule has 10 rings (SSSR count). The molecule has 79 heavy (non-hydrogen) atoms. The fraction of sp³-hybridized carbons (Fsp3) is 0.508. The average molecular weight is 1100 g/mol. The van der Waals surface area contributed by atoms with Crippen molar-refractivity contribution in [1.29, 1.82) is 0 Å². The van der Waals surface area contributed by atoms with Crippen LogP contribution in [-0.4, -0.2) is 139 Å². The lowest BCUT2D eigenvalue weighted by molar-refractivity contribution is -0.155. The predicted octanol–water partition coefficient (Wildman–Crippen LogP) is 7.42. The number of aryl methyl sites for hydroxylation is 2. The first-order valence-electron chi connectivity index (χ1n) is 28.1. The highest BCUT2D eigenvalue weighted by Gasteiger charge is 2.66. The number of aromatic hydroxyl groups is 1. The van der Waals surface area contributed by atoms with Crippen LogP contribution in [0.4, 0.5) is 0 Å². The van der Waals surface area contributed by atoms with Crippen LogP contribution in [0, 0.1) is 24.2 Å². The Bertz CT molecular complexity index is 3120. The molecule has 2 saturated heterocycles. The number of esters is 1. The molecular weight excluding hydrogens is 1020 g/mol. The van der Waals surface area contributed by atoms with Crippen LogP contribution >= 0.6 is 0 Å². The topological polar surface area (TPSA) is 202 Å². The van der Waals surface area contributed by atoms with Crippen LogP contribution in [0.5, 0.6) is 5.75 Å². The van der Waals surface area contributed by atoms with Gasteiger partial charge in [-0.25, -0.2) is 5.43 Å². The zero-order chi connectivity index (χ0) is 56.0. The van der Waals surface area contributed by atoms with Crippen molar-refractivity contribution in [3.8, 4) is 28.1 Å². The van der Waals surface area contributed by atoms with E-state index in [1.807, 2.05) is 56.3 Å². The number of phenolic OH excluding ortho intramolecular Hbond substituents is 1. The molecular formula is C61H76N8O9S. The van der Waals surface area contributed by atoms with E-state index >= 15 is 9.59 Å². The van der Waals surface area contributed by atoms with E-state index in [9.17, 15) is 24.0 Å². The van der Waals surface area contributed by atoms with Gasteiger partial charge in [0.2, 0.25) is 17.7 Å². The Kier molecular flexibility index (Phi) is 16.3. The third-order valence-electron chi connectivity index (χ3n) is 16.9. The van der Waals surface area contributed by atoms with Crippen LogP contribution in [-0.2, 0) is 64.2 Å². The number of nitrogens with one attached hydrogen (secondary N) is 2. The summed E-state index contributed by atoms with van der Waals surface area (Å²) in [5.74, 6) is -2.22. The van der Waals surface area contributed by atoms with Crippen molar-refractivity contribution in [2.75, 3.05) is 40.9 Å². The van der Waals surface area contributed by atoms with Crippen molar-refractivity contribution in [3.05, 3.63) is 101 Å². The Morgan fingerprint density at radius 3 is 2.44 bits per heavy atom. The van der Waals surface area contributed by atoms with Crippen LogP contribution in [0.1, 0.15) is 108 Å². The smallest absolute Gasteiger partial charge is 0.324 e. The number of fused-ring (bicyclic) bond motifs is 6. The van der Waals surface area contributed by atoms with Crippen LogP contribution in [0.15, 0.2) is 83.9 Å². The first kappa shape index (κ1) is 56.0. The lowest BCUT2D eigenvalue weighted by Gasteiger charge is -2.37. The predicted molar refractivity (Wildman–Crippen MR) is 301 cm³/mol. The fourth-order valence-electron chi connectivity index (χ4n) is 12.5. The van der Waals surface area contributed by atoms with Gasteiger partial charge in [0.25, 0.3) is 5.91 Å². The van der Waals surface area contributed by atoms with Gasteiger partial charge in [-0.1, -0.05) is 56.5 Å². The molecule has 5 heterocycles. The van der Waals surface area contributed by atoms with Crippen molar-refractivity contribution in [2.24, 2.45) is 17.3 Å². The van der Waals surface area contributed by atoms with E-state index in [0.717, 1.165) is 70.2 Å². The van der Waals surface area contributed by atoms with Crippen molar-refractivity contribution >= 4 is 51.9 Å². The largest absolute Gasteiger partial charge is 0.593 e. The molecule has 17 nitrogen and oxygen atoms in total. The number of cyclic esters (lactones) is 1. The van der Waals surface area contributed by atoms with E-state index in [-0.39, 0.29) is 61.8 Å². The first-order chi connectivity index (χ1) is 37.9. The van der Waals surface area contributed by atoms with Gasteiger partial charge in [-0.2, -0.15) is 0 Å². The molecule has 5 aromatic rings. The molecule has 6 bridgehead atoms. The number of benzene rings is 3. The van der Waals surface area contributed by atoms with Crippen LogP contribution in [0.3, 0.4) is 0 Å². The third-order valence-corrected chi connectivity index (χ3v) is 18.5. The van der Waals surface area contributed by atoms with Crippen LogP contribution < -0.4 is 10.7 Å². The second kappa shape index (κ2) is 23.0. The van der Waals surface area contributed by atoms with E-state index < -0.39 is 64.6 Å².